The zero-order valence-electron chi connectivity index (χ0n) is 19.0. The van der Waals surface area contributed by atoms with Crippen LogP contribution in [0, 0.1) is 5.82 Å². The van der Waals surface area contributed by atoms with E-state index in [0.29, 0.717) is 55.0 Å². The summed E-state index contributed by atoms with van der Waals surface area (Å²) in [5.41, 5.74) is 0.845. The number of halogens is 4. The summed E-state index contributed by atoms with van der Waals surface area (Å²) in [6.07, 6.45) is 1.30. The Labute approximate surface area is 200 Å². The molecule has 0 radical (unpaired) electrons. The Bertz CT molecular complexity index is 1250. The summed E-state index contributed by atoms with van der Waals surface area (Å²) < 4.78 is 61.0. The van der Waals surface area contributed by atoms with Crippen LogP contribution in [0.5, 0.6) is 0 Å². The van der Waals surface area contributed by atoms with Gasteiger partial charge in [0.05, 0.1) is 16.6 Å². The van der Waals surface area contributed by atoms with Crippen molar-refractivity contribution in [2.24, 2.45) is 0 Å². The molecule has 3 heterocycles. The van der Waals surface area contributed by atoms with E-state index in [2.05, 4.69) is 4.98 Å². The molecule has 2 fully saturated rings. The van der Waals surface area contributed by atoms with Crippen LogP contribution in [0.25, 0.3) is 17.1 Å². The maximum absolute atomic E-state index is 13.4. The number of hydrogen-bond donors (Lipinski definition) is 0. The van der Waals surface area contributed by atoms with E-state index in [4.69, 9.17) is 4.74 Å². The average Bonchev–Trinajstić information content (AvgIpc) is 3.49. The molecule has 0 saturated carbocycles. The Balaban J connectivity index is 1.36. The second-order valence-electron chi connectivity index (χ2n) is 8.99. The van der Waals surface area contributed by atoms with Crippen LogP contribution < -0.4 is 0 Å². The number of carbonyl (C=O) groups excluding carboxylic acids is 1. The molecule has 2 aliphatic rings. The summed E-state index contributed by atoms with van der Waals surface area (Å²) in [6, 6.07) is 9.69. The quantitative estimate of drug-likeness (QED) is 0.339. The van der Waals surface area contributed by atoms with E-state index in [1.54, 1.807) is 23.1 Å². The molecule has 2 aliphatic heterocycles. The third-order valence-corrected chi connectivity index (χ3v) is 6.67. The molecule has 5 nitrogen and oxygen atoms in total. The number of benzene rings is 2. The molecule has 0 N–H and O–H groups in total. The van der Waals surface area contributed by atoms with E-state index < -0.39 is 11.7 Å². The minimum Gasteiger partial charge on any atom is -0.370 e. The molecular weight excluding hydrogens is 462 g/mol. The third kappa shape index (κ3) is 4.96. The largest absolute Gasteiger partial charge is 0.416 e. The Morgan fingerprint density at radius 2 is 1.89 bits per heavy atom. The molecule has 1 amide bonds. The first-order chi connectivity index (χ1) is 16.8. The highest BCUT2D eigenvalue weighted by atomic mass is 19.4. The molecule has 1 atom stereocenters. The zero-order valence-corrected chi connectivity index (χ0v) is 19.0. The van der Waals surface area contributed by atoms with Crippen molar-refractivity contribution in [1.82, 2.24) is 14.5 Å². The average molecular weight is 487 g/mol. The third-order valence-electron chi connectivity index (χ3n) is 6.67. The van der Waals surface area contributed by atoms with Crippen molar-refractivity contribution in [2.75, 3.05) is 19.7 Å². The molecule has 1 aromatic heterocycles. The van der Waals surface area contributed by atoms with Gasteiger partial charge in [0.25, 0.3) is 0 Å². The number of piperidine rings is 1. The number of hydrogen-bond acceptors (Lipinski definition) is 3. The van der Waals surface area contributed by atoms with Gasteiger partial charge in [0.15, 0.2) is 0 Å². The summed E-state index contributed by atoms with van der Waals surface area (Å²) in [6.45, 7) is 1.61. The van der Waals surface area contributed by atoms with Gasteiger partial charge in [-0.05, 0) is 67.7 Å². The van der Waals surface area contributed by atoms with Gasteiger partial charge in [-0.25, -0.2) is 9.37 Å². The predicted molar refractivity (Wildman–Crippen MR) is 123 cm³/mol. The van der Waals surface area contributed by atoms with Gasteiger partial charge in [-0.3, -0.25) is 4.79 Å². The highest BCUT2D eigenvalue weighted by molar-refractivity contribution is 5.91. The van der Waals surface area contributed by atoms with Gasteiger partial charge in [-0.2, -0.15) is 13.2 Å². The van der Waals surface area contributed by atoms with E-state index in [1.165, 1.54) is 24.3 Å². The lowest BCUT2D eigenvalue weighted by Gasteiger charge is -2.33. The van der Waals surface area contributed by atoms with Crippen LogP contribution >= 0.6 is 0 Å². The first-order valence-electron chi connectivity index (χ1n) is 11.7. The van der Waals surface area contributed by atoms with Crippen LogP contribution in [0.15, 0.2) is 48.5 Å². The molecule has 0 unspecified atom stereocenters. The summed E-state index contributed by atoms with van der Waals surface area (Å²) in [7, 11) is 0. The number of rotatable bonds is 4. The van der Waals surface area contributed by atoms with Gasteiger partial charge in [-0.1, -0.05) is 12.1 Å². The van der Waals surface area contributed by atoms with Crippen molar-refractivity contribution in [3.05, 3.63) is 71.3 Å². The first kappa shape index (κ1) is 23.5. The molecule has 184 valence electrons. The van der Waals surface area contributed by atoms with Crippen molar-refractivity contribution >= 4 is 23.0 Å². The fraction of sp³-hybridized carbons (Fsp3) is 0.385. The fourth-order valence-corrected chi connectivity index (χ4v) is 4.91. The van der Waals surface area contributed by atoms with Crippen molar-refractivity contribution < 1.29 is 27.1 Å². The smallest absolute Gasteiger partial charge is 0.370 e. The maximum Gasteiger partial charge on any atom is 0.416 e. The van der Waals surface area contributed by atoms with Crippen molar-refractivity contribution in [3.63, 3.8) is 0 Å². The summed E-state index contributed by atoms with van der Waals surface area (Å²) in [5.74, 6) is 0.141. The Morgan fingerprint density at radius 3 is 2.57 bits per heavy atom. The van der Waals surface area contributed by atoms with E-state index in [0.717, 1.165) is 25.0 Å². The van der Waals surface area contributed by atoms with Crippen LogP contribution in [0.4, 0.5) is 17.6 Å². The maximum atomic E-state index is 13.4. The first-order valence-corrected chi connectivity index (χ1v) is 11.7. The molecule has 0 aliphatic carbocycles. The fourth-order valence-electron chi connectivity index (χ4n) is 4.91. The number of aromatic nitrogens is 2. The molecule has 0 bridgehead atoms. The molecule has 2 saturated heterocycles. The highest BCUT2D eigenvalue weighted by Crippen LogP contribution is 2.38. The van der Waals surface area contributed by atoms with E-state index in [9.17, 15) is 22.4 Å². The highest BCUT2D eigenvalue weighted by Gasteiger charge is 2.34. The lowest BCUT2D eigenvalue weighted by molar-refractivity contribution is -0.137. The van der Waals surface area contributed by atoms with Gasteiger partial charge in [0.1, 0.15) is 17.7 Å². The Kier molecular flexibility index (Phi) is 6.35. The van der Waals surface area contributed by atoms with Crippen LogP contribution in [0.1, 0.15) is 54.8 Å². The summed E-state index contributed by atoms with van der Waals surface area (Å²) >= 11 is 0. The van der Waals surface area contributed by atoms with Crippen LogP contribution in [0.3, 0.4) is 0 Å². The molecule has 3 aromatic rings. The van der Waals surface area contributed by atoms with Gasteiger partial charge in [-0.15, -0.1) is 0 Å². The van der Waals surface area contributed by atoms with E-state index >= 15 is 0 Å². The molecule has 2 aromatic carbocycles. The number of carbonyl (C=O) groups is 1. The minimum absolute atomic E-state index is 0.00724. The second kappa shape index (κ2) is 9.45. The normalized spacial score (nSPS) is 19.8. The topological polar surface area (TPSA) is 47.4 Å². The lowest BCUT2D eigenvalue weighted by Crippen LogP contribution is -2.38. The number of nitrogens with zero attached hydrogens (tertiary/aromatic N) is 3. The lowest BCUT2D eigenvalue weighted by atomic mass is 10.0. The van der Waals surface area contributed by atoms with E-state index in [-0.39, 0.29) is 23.9 Å². The van der Waals surface area contributed by atoms with Crippen molar-refractivity contribution in [3.8, 4) is 0 Å². The van der Waals surface area contributed by atoms with Gasteiger partial charge in [0.2, 0.25) is 5.91 Å². The standard InChI is InChI=1S/C26H25F4N3O2/c27-19-4-1-3-17(15-19)6-9-24(34)32-12-10-20(11-13-32)33-22-8-7-18(26(28,29)30)16-21(22)31-25(33)23-5-2-14-35-23/h1,3-4,6-9,15-16,20,23H,2,5,10-14H2/b9-6+/t23-/m1/s1. The van der Waals surface area contributed by atoms with Gasteiger partial charge in [0, 0.05) is 31.8 Å². The van der Waals surface area contributed by atoms with Crippen LogP contribution in [-0.4, -0.2) is 40.1 Å². The van der Waals surface area contributed by atoms with E-state index in [1.807, 2.05) is 4.57 Å². The number of ether oxygens (including phenoxy) is 1. The van der Waals surface area contributed by atoms with Crippen molar-refractivity contribution in [1.29, 1.82) is 0 Å². The molecule has 35 heavy (non-hydrogen) atoms. The molecule has 0 spiro atoms. The number of alkyl halides is 3. The molecular formula is C26H25F4N3O2. The van der Waals surface area contributed by atoms with Crippen molar-refractivity contribution in [2.45, 2.75) is 44.0 Å². The Morgan fingerprint density at radius 1 is 1.09 bits per heavy atom. The number of imidazole rings is 1. The number of amides is 1. The summed E-state index contributed by atoms with van der Waals surface area (Å²) in [4.78, 5) is 19.0. The number of likely N-dealkylation sites (tertiary alicyclic amines) is 1. The number of fused-ring (bicyclic) bond motifs is 1. The Hall–Kier alpha value is -3.20. The summed E-state index contributed by atoms with van der Waals surface area (Å²) in [5, 5.41) is 0. The minimum atomic E-state index is -4.44. The molecule has 5 rings (SSSR count). The monoisotopic (exact) mass is 487 g/mol. The zero-order chi connectivity index (χ0) is 24.6. The predicted octanol–water partition coefficient (Wildman–Crippen LogP) is 5.92. The van der Waals surface area contributed by atoms with Crippen LogP contribution in [-0.2, 0) is 15.7 Å². The molecule has 9 heteroatoms. The van der Waals surface area contributed by atoms with Gasteiger partial charge < -0.3 is 14.2 Å². The SMILES string of the molecule is O=C(/C=C/c1cccc(F)c1)N1CCC(n2c([C@H]3CCCO3)nc3cc(C(F)(F)F)ccc32)CC1. The van der Waals surface area contributed by atoms with Gasteiger partial charge >= 0.3 is 6.18 Å². The van der Waals surface area contributed by atoms with Crippen LogP contribution in [0.2, 0.25) is 0 Å². The second-order valence-corrected chi connectivity index (χ2v) is 8.99.